The van der Waals surface area contributed by atoms with Crippen LogP contribution in [0, 0.1) is 0 Å². The molecule has 0 saturated heterocycles. The number of anilines is 2. The van der Waals surface area contributed by atoms with Gasteiger partial charge in [-0.3, -0.25) is 10.1 Å². The van der Waals surface area contributed by atoms with Crippen molar-refractivity contribution in [3.05, 3.63) is 24.3 Å². The van der Waals surface area contributed by atoms with Crippen molar-refractivity contribution in [2.75, 3.05) is 17.7 Å². The Morgan fingerprint density at radius 2 is 1.88 bits per heavy atom. The molecule has 0 spiro atoms. The van der Waals surface area contributed by atoms with Crippen LogP contribution in [0.1, 0.15) is 6.92 Å². The maximum absolute atomic E-state index is 11.4. The second-order valence-corrected chi connectivity index (χ2v) is 3.48. The van der Waals surface area contributed by atoms with Crippen molar-refractivity contribution in [2.45, 2.75) is 13.0 Å². The quantitative estimate of drug-likeness (QED) is 0.735. The monoisotopic (exact) mass is 237 g/mol. The molecule has 92 valence electrons. The molecular weight excluding hydrogens is 222 g/mol. The highest BCUT2D eigenvalue weighted by atomic mass is 16.5. The highest BCUT2D eigenvalue weighted by Gasteiger charge is 2.08. The number of methoxy groups -OCH3 is 1. The molecule has 0 radical (unpaired) electrons. The lowest BCUT2D eigenvalue weighted by atomic mass is 10.2. The minimum absolute atomic E-state index is 0.291. The number of hydrogen-bond donors (Lipinski definition) is 3. The minimum Gasteiger partial charge on any atom is -0.453 e. The largest absolute Gasteiger partial charge is 0.453 e. The average Bonchev–Trinajstić information content (AvgIpc) is 2.29. The fourth-order valence-corrected chi connectivity index (χ4v) is 1.10. The van der Waals surface area contributed by atoms with Gasteiger partial charge >= 0.3 is 6.09 Å². The van der Waals surface area contributed by atoms with E-state index in [0.29, 0.717) is 11.4 Å². The molecule has 1 aromatic rings. The first-order chi connectivity index (χ1) is 8.02. The molecule has 1 atom stereocenters. The Kier molecular flexibility index (Phi) is 4.47. The van der Waals surface area contributed by atoms with Gasteiger partial charge in [0.2, 0.25) is 5.91 Å². The standard InChI is InChI=1S/C11H15N3O3/c1-7(12)10(15)13-8-4-3-5-9(6-8)14-11(16)17-2/h3-7H,12H2,1-2H3,(H,13,15)(H,14,16)/t7-/m0/s1. The average molecular weight is 237 g/mol. The van der Waals surface area contributed by atoms with E-state index in [1.807, 2.05) is 0 Å². The number of ether oxygens (including phenoxy) is 1. The van der Waals surface area contributed by atoms with Crippen LogP contribution >= 0.6 is 0 Å². The van der Waals surface area contributed by atoms with Gasteiger partial charge in [-0.05, 0) is 25.1 Å². The van der Waals surface area contributed by atoms with Crippen LogP contribution < -0.4 is 16.4 Å². The molecule has 2 amide bonds. The first-order valence-electron chi connectivity index (χ1n) is 5.04. The predicted octanol–water partition coefficient (Wildman–Crippen LogP) is 1.15. The van der Waals surface area contributed by atoms with E-state index in [1.165, 1.54) is 7.11 Å². The summed E-state index contributed by atoms with van der Waals surface area (Å²) in [5, 5.41) is 5.11. The second-order valence-electron chi connectivity index (χ2n) is 3.48. The summed E-state index contributed by atoms with van der Waals surface area (Å²) >= 11 is 0. The van der Waals surface area contributed by atoms with Crippen molar-refractivity contribution in [1.82, 2.24) is 0 Å². The summed E-state index contributed by atoms with van der Waals surface area (Å²) in [6.45, 7) is 1.59. The van der Waals surface area contributed by atoms with Gasteiger partial charge in [-0.2, -0.15) is 0 Å². The number of benzene rings is 1. The normalized spacial score (nSPS) is 11.5. The molecule has 17 heavy (non-hydrogen) atoms. The summed E-state index contributed by atoms with van der Waals surface area (Å²) in [7, 11) is 1.27. The highest BCUT2D eigenvalue weighted by Crippen LogP contribution is 2.15. The van der Waals surface area contributed by atoms with Crippen LogP contribution in [0.25, 0.3) is 0 Å². The first kappa shape index (κ1) is 13.0. The lowest BCUT2D eigenvalue weighted by molar-refractivity contribution is -0.117. The number of carbonyl (C=O) groups excluding carboxylic acids is 2. The topological polar surface area (TPSA) is 93.5 Å². The third-order valence-corrected chi connectivity index (χ3v) is 1.98. The van der Waals surface area contributed by atoms with Crippen LogP contribution in [-0.4, -0.2) is 25.2 Å². The zero-order chi connectivity index (χ0) is 12.8. The maximum Gasteiger partial charge on any atom is 0.411 e. The fraction of sp³-hybridized carbons (Fsp3) is 0.273. The smallest absolute Gasteiger partial charge is 0.411 e. The van der Waals surface area contributed by atoms with Crippen molar-refractivity contribution in [1.29, 1.82) is 0 Å². The molecule has 0 fully saturated rings. The van der Waals surface area contributed by atoms with E-state index in [1.54, 1.807) is 31.2 Å². The second kappa shape index (κ2) is 5.86. The summed E-state index contributed by atoms with van der Waals surface area (Å²) in [4.78, 5) is 22.3. The van der Waals surface area contributed by atoms with Gasteiger partial charge in [0, 0.05) is 11.4 Å². The van der Waals surface area contributed by atoms with Crippen LogP contribution in [-0.2, 0) is 9.53 Å². The van der Waals surface area contributed by atoms with Crippen LogP contribution in [0.2, 0.25) is 0 Å². The molecule has 4 N–H and O–H groups in total. The van der Waals surface area contributed by atoms with E-state index in [2.05, 4.69) is 15.4 Å². The SMILES string of the molecule is COC(=O)Nc1cccc(NC(=O)[C@H](C)N)c1. The van der Waals surface area contributed by atoms with Crippen molar-refractivity contribution in [3.63, 3.8) is 0 Å². The van der Waals surface area contributed by atoms with E-state index in [4.69, 9.17) is 5.73 Å². The molecule has 0 heterocycles. The van der Waals surface area contributed by atoms with E-state index in [-0.39, 0.29) is 5.91 Å². The van der Waals surface area contributed by atoms with Crippen molar-refractivity contribution in [2.24, 2.45) is 5.73 Å². The van der Waals surface area contributed by atoms with Crippen molar-refractivity contribution in [3.8, 4) is 0 Å². The number of rotatable bonds is 3. The van der Waals surface area contributed by atoms with E-state index in [9.17, 15) is 9.59 Å². The van der Waals surface area contributed by atoms with Gasteiger partial charge in [0.15, 0.2) is 0 Å². The third-order valence-electron chi connectivity index (χ3n) is 1.98. The molecule has 0 saturated carbocycles. The van der Waals surface area contributed by atoms with Crippen molar-refractivity contribution < 1.29 is 14.3 Å². The van der Waals surface area contributed by atoms with Crippen LogP contribution in [0.4, 0.5) is 16.2 Å². The number of nitrogens with two attached hydrogens (primary N) is 1. The Bertz CT molecular complexity index is 418. The molecule has 0 aliphatic carbocycles. The molecule has 0 aromatic heterocycles. The predicted molar refractivity (Wildman–Crippen MR) is 64.7 cm³/mol. The third kappa shape index (κ3) is 4.12. The summed E-state index contributed by atoms with van der Waals surface area (Å²) in [6, 6.07) is 6.09. The molecule has 0 bridgehead atoms. The van der Waals surface area contributed by atoms with Crippen LogP contribution in [0.15, 0.2) is 24.3 Å². The Balaban J connectivity index is 2.72. The molecule has 0 unspecified atom stereocenters. The molecule has 1 rings (SSSR count). The van der Waals surface area contributed by atoms with E-state index < -0.39 is 12.1 Å². The van der Waals surface area contributed by atoms with Crippen LogP contribution in [0.3, 0.4) is 0 Å². The minimum atomic E-state index is -0.591. The zero-order valence-electron chi connectivity index (χ0n) is 9.69. The van der Waals surface area contributed by atoms with Crippen LogP contribution in [0.5, 0.6) is 0 Å². The molecular formula is C11H15N3O3. The van der Waals surface area contributed by atoms with Gasteiger partial charge in [0.05, 0.1) is 13.2 Å². The summed E-state index contributed by atoms with van der Waals surface area (Å²) in [5.41, 5.74) is 6.51. The number of nitrogens with one attached hydrogen (secondary N) is 2. The van der Waals surface area contributed by atoms with Gasteiger partial charge in [0.25, 0.3) is 0 Å². The Morgan fingerprint density at radius 1 is 1.29 bits per heavy atom. The summed E-state index contributed by atoms with van der Waals surface area (Å²) < 4.78 is 4.46. The Labute approximate surface area is 99.1 Å². The molecule has 0 aliphatic rings. The number of amides is 2. The van der Waals surface area contributed by atoms with Gasteiger partial charge in [0.1, 0.15) is 0 Å². The first-order valence-corrected chi connectivity index (χ1v) is 5.04. The fourth-order valence-electron chi connectivity index (χ4n) is 1.10. The Hall–Kier alpha value is -2.08. The maximum atomic E-state index is 11.4. The van der Waals surface area contributed by atoms with Gasteiger partial charge in [-0.1, -0.05) is 6.07 Å². The molecule has 6 nitrogen and oxygen atoms in total. The zero-order valence-corrected chi connectivity index (χ0v) is 9.69. The lowest BCUT2D eigenvalue weighted by Crippen LogP contribution is -2.32. The van der Waals surface area contributed by atoms with E-state index >= 15 is 0 Å². The summed E-state index contributed by atoms with van der Waals surface area (Å²) in [5.74, 6) is -0.291. The van der Waals surface area contributed by atoms with Gasteiger partial charge < -0.3 is 15.8 Å². The molecule has 0 aliphatic heterocycles. The lowest BCUT2D eigenvalue weighted by Gasteiger charge is -2.09. The highest BCUT2D eigenvalue weighted by molar-refractivity contribution is 5.95. The summed E-state index contributed by atoms with van der Waals surface area (Å²) in [6.07, 6.45) is -0.569. The van der Waals surface area contributed by atoms with Gasteiger partial charge in [-0.15, -0.1) is 0 Å². The Morgan fingerprint density at radius 3 is 2.41 bits per heavy atom. The molecule has 1 aromatic carbocycles. The number of hydrogen-bond acceptors (Lipinski definition) is 4. The van der Waals surface area contributed by atoms with Crippen molar-refractivity contribution >= 4 is 23.4 Å². The molecule has 6 heteroatoms. The van der Waals surface area contributed by atoms with Gasteiger partial charge in [-0.25, -0.2) is 4.79 Å². The number of carbonyl (C=O) groups is 2. The van der Waals surface area contributed by atoms with E-state index in [0.717, 1.165) is 0 Å².